The molecule has 1 aromatic rings. The van der Waals surface area contributed by atoms with E-state index in [9.17, 15) is 4.79 Å². The maximum absolute atomic E-state index is 10.3. The SMILES string of the molecule is N#Cc1ccc(C[C@H](N)C=O)cc1. The van der Waals surface area contributed by atoms with Gasteiger partial charge in [0, 0.05) is 0 Å². The summed E-state index contributed by atoms with van der Waals surface area (Å²) in [5.41, 5.74) is 7.03. The van der Waals surface area contributed by atoms with Gasteiger partial charge in [0.25, 0.3) is 0 Å². The Morgan fingerprint density at radius 1 is 1.46 bits per heavy atom. The summed E-state index contributed by atoms with van der Waals surface area (Å²) in [5, 5.41) is 8.53. The Kier molecular flexibility index (Phi) is 3.18. The van der Waals surface area contributed by atoms with Gasteiger partial charge in [0.05, 0.1) is 17.7 Å². The lowest BCUT2D eigenvalue weighted by Gasteiger charge is -2.02. The van der Waals surface area contributed by atoms with E-state index >= 15 is 0 Å². The number of aldehydes is 1. The highest BCUT2D eigenvalue weighted by molar-refractivity contribution is 5.57. The van der Waals surface area contributed by atoms with Gasteiger partial charge in [0.1, 0.15) is 6.29 Å². The van der Waals surface area contributed by atoms with Gasteiger partial charge in [-0.15, -0.1) is 0 Å². The van der Waals surface area contributed by atoms with Gasteiger partial charge in [0.15, 0.2) is 0 Å². The Balaban J connectivity index is 2.70. The quantitative estimate of drug-likeness (QED) is 0.683. The molecule has 3 nitrogen and oxygen atoms in total. The van der Waals surface area contributed by atoms with Crippen molar-refractivity contribution < 1.29 is 4.79 Å². The number of benzene rings is 1. The number of hydrogen-bond acceptors (Lipinski definition) is 3. The molecule has 1 atom stereocenters. The van der Waals surface area contributed by atoms with Crippen molar-refractivity contribution in [3.8, 4) is 6.07 Å². The average molecular weight is 174 g/mol. The molecule has 0 aromatic heterocycles. The molecule has 0 saturated carbocycles. The van der Waals surface area contributed by atoms with Crippen LogP contribution in [0.3, 0.4) is 0 Å². The second-order valence-electron chi connectivity index (χ2n) is 2.81. The zero-order valence-corrected chi connectivity index (χ0v) is 7.10. The summed E-state index contributed by atoms with van der Waals surface area (Å²) >= 11 is 0. The van der Waals surface area contributed by atoms with Crippen LogP contribution < -0.4 is 5.73 Å². The molecule has 0 bridgehead atoms. The monoisotopic (exact) mass is 174 g/mol. The van der Waals surface area contributed by atoms with Gasteiger partial charge in [0.2, 0.25) is 0 Å². The van der Waals surface area contributed by atoms with Gasteiger partial charge in [-0.2, -0.15) is 5.26 Å². The van der Waals surface area contributed by atoms with E-state index in [2.05, 4.69) is 0 Å². The zero-order chi connectivity index (χ0) is 9.68. The molecule has 0 amide bonds. The first-order valence-corrected chi connectivity index (χ1v) is 3.96. The normalized spacial score (nSPS) is 11.7. The Morgan fingerprint density at radius 2 is 2.08 bits per heavy atom. The fourth-order valence-corrected chi connectivity index (χ4v) is 1.04. The molecule has 0 heterocycles. The molecule has 0 radical (unpaired) electrons. The van der Waals surface area contributed by atoms with E-state index in [1.54, 1.807) is 12.1 Å². The lowest BCUT2D eigenvalue weighted by atomic mass is 10.1. The molecular weight excluding hydrogens is 164 g/mol. The molecule has 0 fully saturated rings. The Labute approximate surface area is 76.8 Å². The number of nitrogens with two attached hydrogens (primary N) is 1. The van der Waals surface area contributed by atoms with Gasteiger partial charge >= 0.3 is 0 Å². The topological polar surface area (TPSA) is 66.9 Å². The number of nitriles is 1. The summed E-state index contributed by atoms with van der Waals surface area (Å²) in [7, 11) is 0. The van der Waals surface area contributed by atoms with E-state index in [0.717, 1.165) is 11.8 Å². The summed E-state index contributed by atoms with van der Waals surface area (Å²) in [6, 6.07) is 8.61. The van der Waals surface area contributed by atoms with Crippen LogP contribution in [0.15, 0.2) is 24.3 Å². The second kappa shape index (κ2) is 4.39. The van der Waals surface area contributed by atoms with Crippen molar-refractivity contribution >= 4 is 6.29 Å². The number of rotatable bonds is 3. The van der Waals surface area contributed by atoms with Crippen molar-refractivity contribution in [2.45, 2.75) is 12.5 Å². The van der Waals surface area contributed by atoms with Crippen LogP contribution in [0.2, 0.25) is 0 Å². The van der Waals surface area contributed by atoms with E-state index in [1.807, 2.05) is 18.2 Å². The Bertz CT molecular complexity index is 324. The number of nitrogens with zero attached hydrogens (tertiary/aromatic N) is 1. The van der Waals surface area contributed by atoms with Gasteiger partial charge in [-0.3, -0.25) is 0 Å². The largest absolute Gasteiger partial charge is 0.321 e. The molecule has 0 saturated heterocycles. The molecule has 1 aromatic carbocycles. The fourth-order valence-electron chi connectivity index (χ4n) is 1.04. The summed E-state index contributed by atoms with van der Waals surface area (Å²) < 4.78 is 0. The highest BCUT2D eigenvalue weighted by Gasteiger charge is 2.01. The van der Waals surface area contributed by atoms with Crippen LogP contribution in [0.5, 0.6) is 0 Å². The minimum Gasteiger partial charge on any atom is -0.321 e. The first-order valence-electron chi connectivity index (χ1n) is 3.96. The van der Waals surface area contributed by atoms with E-state index in [0.29, 0.717) is 12.0 Å². The van der Waals surface area contributed by atoms with Crippen LogP contribution in [-0.4, -0.2) is 12.3 Å². The fraction of sp³-hybridized carbons (Fsp3) is 0.200. The molecule has 1 rings (SSSR count). The number of carbonyl (C=O) groups excluding carboxylic acids is 1. The van der Waals surface area contributed by atoms with Crippen LogP contribution >= 0.6 is 0 Å². The van der Waals surface area contributed by atoms with Crippen molar-refractivity contribution in [1.82, 2.24) is 0 Å². The molecule has 0 unspecified atom stereocenters. The van der Waals surface area contributed by atoms with Crippen LogP contribution in [0.1, 0.15) is 11.1 Å². The first-order chi connectivity index (χ1) is 6.26. The van der Waals surface area contributed by atoms with E-state index < -0.39 is 6.04 Å². The molecule has 0 aliphatic heterocycles. The molecule has 0 aliphatic carbocycles. The first kappa shape index (κ1) is 9.43. The summed E-state index contributed by atoms with van der Waals surface area (Å²) in [5.74, 6) is 0. The third kappa shape index (κ3) is 2.69. The highest BCUT2D eigenvalue weighted by Crippen LogP contribution is 2.04. The van der Waals surface area contributed by atoms with Crippen molar-refractivity contribution in [2.24, 2.45) is 5.73 Å². The van der Waals surface area contributed by atoms with Gasteiger partial charge < -0.3 is 10.5 Å². The van der Waals surface area contributed by atoms with Crippen LogP contribution in [0, 0.1) is 11.3 Å². The minimum atomic E-state index is -0.451. The third-order valence-corrected chi connectivity index (χ3v) is 1.73. The van der Waals surface area contributed by atoms with Gasteiger partial charge in [-0.25, -0.2) is 0 Å². The molecule has 66 valence electrons. The third-order valence-electron chi connectivity index (χ3n) is 1.73. The van der Waals surface area contributed by atoms with E-state index in [-0.39, 0.29) is 0 Å². The second-order valence-corrected chi connectivity index (χ2v) is 2.81. The Hall–Kier alpha value is -1.66. The molecule has 0 aliphatic rings. The molecule has 13 heavy (non-hydrogen) atoms. The molecular formula is C10H10N2O. The van der Waals surface area contributed by atoms with Crippen molar-refractivity contribution in [3.63, 3.8) is 0 Å². The van der Waals surface area contributed by atoms with Crippen LogP contribution in [0.4, 0.5) is 0 Å². The maximum atomic E-state index is 10.3. The average Bonchev–Trinajstić information content (AvgIpc) is 2.19. The van der Waals surface area contributed by atoms with Crippen molar-refractivity contribution in [2.75, 3.05) is 0 Å². The number of carbonyl (C=O) groups is 1. The van der Waals surface area contributed by atoms with Crippen LogP contribution in [0.25, 0.3) is 0 Å². The smallest absolute Gasteiger partial charge is 0.137 e. The standard InChI is InChI=1S/C10H10N2O/c11-6-9-3-1-8(2-4-9)5-10(12)7-13/h1-4,7,10H,5,12H2/t10-/m0/s1. The lowest BCUT2D eigenvalue weighted by Crippen LogP contribution is -2.23. The molecule has 2 N–H and O–H groups in total. The summed E-state index contributed by atoms with van der Waals surface area (Å²) in [4.78, 5) is 10.3. The van der Waals surface area contributed by atoms with E-state index in [4.69, 9.17) is 11.0 Å². The molecule has 3 heteroatoms. The van der Waals surface area contributed by atoms with Gasteiger partial charge in [-0.1, -0.05) is 12.1 Å². The minimum absolute atomic E-state index is 0.451. The predicted octanol–water partition coefficient (Wildman–Crippen LogP) is 0.627. The lowest BCUT2D eigenvalue weighted by molar-refractivity contribution is -0.108. The predicted molar refractivity (Wildman–Crippen MR) is 48.9 cm³/mol. The summed E-state index contributed by atoms with van der Waals surface area (Å²) in [6.07, 6.45) is 1.24. The summed E-state index contributed by atoms with van der Waals surface area (Å²) in [6.45, 7) is 0. The maximum Gasteiger partial charge on any atom is 0.137 e. The van der Waals surface area contributed by atoms with Crippen molar-refractivity contribution in [1.29, 1.82) is 5.26 Å². The van der Waals surface area contributed by atoms with E-state index in [1.165, 1.54) is 0 Å². The van der Waals surface area contributed by atoms with Crippen molar-refractivity contribution in [3.05, 3.63) is 35.4 Å². The zero-order valence-electron chi connectivity index (χ0n) is 7.10. The highest BCUT2D eigenvalue weighted by atomic mass is 16.1. The van der Waals surface area contributed by atoms with Crippen LogP contribution in [-0.2, 0) is 11.2 Å². The Morgan fingerprint density at radius 3 is 2.54 bits per heavy atom. The van der Waals surface area contributed by atoms with Gasteiger partial charge in [-0.05, 0) is 24.1 Å². The number of hydrogen-bond donors (Lipinski definition) is 1. The molecule has 0 spiro atoms.